The quantitative estimate of drug-likeness (QED) is 0.527. The van der Waals surface area contributed by atoms with Crippen molar-refractivity contribution >= 4 is 5.78 Å². The lowest BCUT2D eigenvalue weighted by molar-refractivity contribution is -0.127. The molecule has 0 spiro atoms. The third kappa shape index (κ3) is 0.671. The zero-order valence-electron chi connectivity index (χ0n) is 5.76. The summed E-state index contributed by atoms with van der Waals surface area (Å²) in [5.41, 5.74) is 2.71. The summed E-state index contributed by atoms with van der Waals surface area (Å²) in [5, 5.41) is 0. The van der Waals surface area contributed by atoms with Gasteiger partial charge < -0.3 is 4.84 Å². The molecule has 1 saturated heterocycles. The van der Waals surface area contributed by atoms with Crippen LogP contribution in [0.2, 0.25) is 0 Å². The normalized spacial score (nSPS) is 37.3. The molecule has 0 saturated carbocycles. The fourth-order valence-corrected chi connectivity index (χ4v) is 1.23. The van der Waals surface area contributed by atoms with E-state index in [1.165, 1.54) is 0 Å². The van der Waals surface area contributed by atoms with Crippen LogP contribution in [0.4, 0.5) is 0 Å². The van der Waals surface area contributed by atoms with Crippen molar-refractivity contribution in [2.75, 3.05) is 0 Å². The zero-order chi connectivity index (χ0) is 7.14. The largest absolute Gasteiger partial charge is 0.411 e. The maximum absolute atomic E-state index is 11.0. The van der Waals surface area contributed by atoms with Crippen molar-refractivity contribution in [3.8, 4) is 0 Å². The first-order valence-electron chi connectivity index (χ1n) is 3.44. The molecule has 0 radical (unpaired) electrons. The van der Waals surface area contributed by atoms with Gasteiger partial charge in [-0.2, -0.15) is 0 Å². The first kappa shape index (κ1) is 5.92. The van der Waals surface area contributed by atoms with Gasteiger partial charge in [0.25, 0.3) is 0 Å². The Morgan fingerprint density at radius 3 is 3.10 bits per heavy atom. The van der Waals surface area contributed by atoms with E-state index in [0.29, 0.717) is 12.2 Å². The number of hydrogen-bond acceptors (Lipinski definition) is 3. The maximum Gasteiger partial charge on any atom is 0.141 e. The lowest BCUT2D eigenvalue weighted by Gasteiger charge is -2.34. The molecule has 1 fully saturated rings. The molecule has 2 rings (SSSR count). The van der Waals surface area contributed by atoms with Gasteiger partial charge in [-0.3, -0.25) is 4.79 Å². The summed E-state index contributed by atoms with van der Waals surface area (Å²) < 4.78 is 0. The maximum atomic E-state index is 11.0. The molecule has 0 bridgehead atoms. The fraction of sp³-hybridized carbons (Fsp3) is 0.571. The summed E-state index contributed by atoms with van der Waals surface area (Å²) in [4.78, 5) is 16.0. The average molecular weight is 139 g/mol. The summed E-state index contributed by atoms with van der Waals surface area (Å²) >= 11 is 0. The van der Waals surface area contributed by atoms with Gasteiger partial charge >= 0.3 is 0 Å². The van der Waals surface area contributed by atoms with Gasteiger partial charge in [0.05, 0.1) is 0 Å². The number of allylic oxidation sites excluding steroid dienone is 1. The number of carbonyl (C=O) groups is 1. The van der Waals surface area contributed by atoms with E-state index >= 15 is 0 Å². The van der Waals surface area contributed by atoms with Crippen molar-refractivity contribution in [1.82, 2.24) is 5.48 Å². The lowest BCUT2D eigenvalue weighted by Crippen LogP contribution is -2.48. The third-order valence-electron chi connectivity index (χ3n) is 1.99. The summed E-state index contributed by atoms with van der Waals surface area (Å²) in [5.74, 6) is 1.28. The van der Waals surface area contributed by atoms with E-state index in [1.807, 2.05) is 13.0 Å². The topological polar surface area (TPSA) is 38.3 Å². The Balaban J connectivity index is 2.22. The Morgan fingerprint density at radius 1 is 1.80 bits per heavy atom. The SMILES string of the molecule is CC1C=C2ONC2CC1=O. The average Bonchev–Trinajstić information content (AvgIpc) is 1.89. The molecule has 1 aliphatic carbocycles. The van der Waals surface area contributed by atoms with Crippen LogP contribution in [-0.4, -0.2) is 11.8 Å². The van der Waals surface area contributed by atoms with Gasteiger partial charge in [-0.25, -0.2) is 0 Å². The van der Waals surface area contributed by atoms with Crippen LogP contribution in [0, 0.1) is 5.92 Å². The molecule has 1 N–H and O–H groups in total. The first-order chi connectivity index (χ1) is 4.77. The second kappa shape index (κ2) is 1.83. The number of Topliss-reactive ketones (excluding diaryl/α,β-unsaturated/α-hetero) is 1. The lowest BCUT2D eigenvalue weighted by atomic mass is 9.91. The van der Waals surface area contributed by atoms with Crippen molar-refractivity contribution < 1.29 is 9.63 Å². The summed E-state index contributed by atoms with van der Waals surface area (Å²) in [6.45, 7) is 1.90. The third-order valence-corrected chi connectivity index (χ3v) is 1.99. The van der Waals surface area contributed by atoms with E-state index in [2.05, 4.69) is 5.48 Å². The second-order valence-corrected chi connectivity index (χ2v) is 2.80. The monoisotopic (exact) mass is 139 g/mol. The van der Waals surface area contributed by atoms with E-state index < -0.39 is 0 Å². The van der Waals surface area contributed by atoms with Crippen molar-refractivity contribution in [2.45, 2.75) is 19.4 Å². The predicted molar refractivity (Wildman–Crippen MR) is 34.9 cm³/mol. The van der Waals surface area contributed by atoms with Gasteiger partial charge in [0.15, 0.2) is 0 Å². The molecular formula is C7H9NO2. The molecule has 0 aromatic heterocycles. The van der Waals surface area contributed by atoms with E-state index in [-0.39, 0.29) is 12.0 Å². The van der Waals surface area contributed by atoms with Crippen LogP contribution < -0.4 is 5.48 Å². The molecule has 0 amide bonds. The Bertz CT molecular complexity index is 210. The van der Waals surface area contributed by atoms with Crippen LogP contribution >= 0.6 is 0 Å². The van der Waals surface area contributed by atoms with Crippen molar-refractivity contribution in [3.63, 3.8) is 0 Å². The van der Waals surface area contributed by atoms with E-state index in [9.17, 15) is 4.79 Å². The summed E-state index contributed by atoms with van der Waals surface area (Å²) in [7, 11) is 0. The van der Waals surface area contributed by atoms with Gasteiger partial charge in [0.2, 0.25) is 0 Å². The highest BCUT2D eigenvalue weighted by Gasteiger charge is 2.34. The summed E-state index contributed by atoms with van der Waals surface area (Å²) in [6, 6.07) is 0.184. The Kier molecular flexibility index (Phi) is 1.08. The summed E-state index contributed by atoms with van der Waals surface area (Å²) in [6.07, 6.45) is 2.47. The zero-order valence-corrected chi connectivity index (χ0v) is 5.76. The Morgan fingerprint density at radius 2 is 2.60 bits per heavy atom. The highest BCUT2D eigenvalue weighted by Crippen LogP contribution is 2.26. The molecule has 0 aromatic rings. The molecule has 54 valence electrons. The minimum atomic E-state index is 0.0494. The van der Waals surface area contributed by atoms with Crippen LogP contribution in [0.25, 0.3) is 0 Å². The molecule has 2 aliphatic rings. The number of rotatable bonds is 0. The highest BCUT2D eigenvalue weighted by atomic mass is 16.7. The Hall–Kier alpha value is -0.830. The molecule has 1 heterocycles. The molecule has 10 heavy (non-hydrogen) atoms. The highest BCUT2D eigenvalue weighted by molar-refractivity contribution is 5.84. The van der Waals surface area contributed by atoms with Crippen molar-refractivity contribution in [3.05, 3.63) is 11.8 Å². The van der Waals surface area contributed by atoms with Crippen LogP contribution in [-0.2, 0) is 9.63 Å². The van der Waals surface area contributed by atoms with E-state index in [1.54, 1.807) is 0 Å². The number of carbonyl (C=O) groups excluding carboxylic acids is 1. The molecule has 2 unspecified atom stereocenters. The second-order valence-electron chi connectivity index (χ2n) is 2.80. The molecule has 0 aromatic carbocycles. The number of nitrogens with one attached hydrogen (secondary N) is 1. The van der Waals surface area contributed by atoms with Gasteiger partial charge in [-0.15, -0.1) is 5.48 Å². The molecule has 3 heteroatoms. The number of ketones is 1. The predicted octanol–water partition coefficient (Wildman–Crippen LogP) is 0.383. The van der Waals surface area contributed by atoms with Crippen LogP contribution in [0.5, 0.6) is 0 Å². The molecule has 3 nitrogen and oxygen atoms in total. The number of hydroxylamine groups is 1. The minimum Gasteiger partial charge on any atom is -0.411 e. The number of fused-ring (bicyclic) bond motifs is 1. The van der Waals surface area contributed by atoms with Gasteiger partial charge in [-0.1, -0.05) is 6.92 Å². The Labute approximate surface area is 59.0 Å². The molecular weight excluding hydrogens is 130 g/mol. The van der Waals surface area contributed by atoms with E-state index in [4.69, 9.17) is 4.84 Å². The fourth-order valence-electron chi connectivity index (χ4n) is 1.23. The smallest absolute Gasteiger partial charge is 0.141 e. The van der Waals surface area contributed by atoms with Crippen LogP contribution in [0.3, 0.4) is 0 Å². The van der Waals surface area contributed by atoms with Gasteiger partial charge in [-0.05, 0) is 6.08 Å². The molecule has 2 atom stereocenters. The van der Waals surface area contributed by atoms with Crippen LogP contribution in [0.15, 0.2) is 11.8 Å². The number of hydrogen-bond donors (Lipinski definition) is 1. The van der Waals surface area contributed by atoms with Crippen LogP contribution in [0.1, 0.15) is 13.3 Å². The van der Waals surface area contributed by atoms with E-state index in [0.717, 1.165) is 5.76 Å². The van der Waals surface area contributed by atoms with Crippen molar-refractivity contribution in [1.29, 1.82) is 0 Å². The van der Waals surface area contributed by atoms with Crippen molar-refractivity contribution in [2.24, 2.45) is 5.92 Å². The van der Waals surface area contributed by atoms with Gasteiger partial charge in [0.1, 0.15) is 17.6 Å². The first-order valence-corrected chi connectivity index (χ1v) is 3.44. The standard InChI is InChI=1S/C7H9NO2/c1-4-2-7-5(8-10-7)3-6(4)9/h2,4-5,8H,3H2,1H3. The molecule has 1 aliphatic heterocycles. The minimum absolute atomic E-state index is 0.0494. The van der Waals surface area contributed by atoms with Gasteiger partial charge in [0, 0.05) is 12.3 Å².